The highest BCUT2D eigenvalue weighted by molar-refractivity contribution is 6.00. The van der Waals surface area contributed by atoms with E-state index in [4.69, 9.17) is 4.74 Å². The molecular formula is C16H25Cl2N3O2. The van der Waals surface area contributed by atoms with E-state index in [1.807, 2.05) is 24.3 Å². The standard InChI is InChI=1S/C16H23N3O2.2ClH/c20-16(18-13-4-3-7-17-12-13)14-5-1-2-6-15(14)19-8-10-21-11-9-19;;/h1-2,5-6,13,17H,3-4,7-12H2,(H,18,20);2*1H/t13-;;/m0../s1. The van der Waals surface area contributed by atoms with Crippen LogP contribution in [0.3, 0.4) is 0 Å². The fourth-order valence-electron chi connectivity index (χ4n) is 2.98. The summed E-state index contributed by atoms with van der Waals surface area (Å²) in [5.74, 6) is 0.0331. The number of benzene rings is 1. The van der Waals surface area contributed by atoms with Gasteiger partial charge in [0, 0.05) is 31.4 Å². The molecule has 2 aliphatic heterocycles. The third kappa shape index (κ3) is 5.24. The van der Waals surface area contributed by atoms with Gasteiger partial charge in [0.1, 0.15) is 0 Å². The molecule has 2 N–H and O–H groups in total. The molecule has 130 valence electrons. The average molecular weight is 362 g/mol. The number of halogens is 2. The van der Waals surface area contributed by atoms with Gasteiger partial charge in [0.25, 0.3) is 5.91 Å². The van der Waals surface area contributed by atoms with Crippen molar-refractivity contribution in [3.8, 4) is 0 Å². The Morgan fingerprint density at radius 3 is 2.65 bits per heavy atom. The van der Waals surface area contributed by atoms with E-state index in [-0.39, 0.29) is 36.8 Å². The second kappa shape index (κ2) is 9.98. The SMILES string of the molecule is Cl.Cl.O=C(N[C@H]1CCCNC1)c1ccccc1N1CCOCC1. The molecule has 2 fully saturated rings. The van der Waals surface area contributed by atoms with Crippen LogP contribution in [-0.2, 0) is 4.74 Å². The third-order valence-electron chi connectivity index (χ3n) is 4.13. The third-order valence-corrected chi connectivity index (χ3v) is 4.13. The Hall–Kier alpha value is -1.01. The zero-order chi connectivity index (χ0) is 14.5. The van der Waals surface area contributed by atoms with E-state index >= 15 is 0 Å². The predicted molar refractivity (Wildman–Crippen MR) is 97.3 cm³/mol. The minimum Gasteiger partial charge on any atom is -0.378 e. The number of para-hydroxylation sites is 1. The number of piperidine rings is 1. The number of hydrogen-bond donors (Lipinski definition) is 2. The largest absolute Gasteiger partial charge is 0.378 e. The molecular weight excluding hydrogens is 337 g/mol. The van der Waals surface area contributed by atoms with Gasteiger partial charge in [-0.05, 0) is 31.5 Å². The summed E-state index contributed by atoms with van der Waals surface area (Å²) < 4.78 is 5.39. The number of nitrogens with zero attached hydrogens (tertiary/aromatic N) is 1. The normalized spacial score (nSPS) is 20.9. The van der Waals surface area contributed by atoms with Crippen molar-refractivity contribution in [3.05, 3.63) is 29.8 Å². The number of morpholine rings is 1. The van der Waals surface area contributed by atoms with Crippen LogP contribution >= 0.6 is 24.8 Å². The Morgan fingerprint density at radius 2 is 1.96 bits per heavy atom. The van der Waals surface area contributed by atoms with E-state index in [0.29, 0.717) is 0 Å². The highest BCUT2D eigenvalue weighted by Gasteiger charge is 2.21. The molecule has 1 amide bonds. The molecule has 1 aromatic rings. The first-order valence-electron chi connectivity index (χ1n) is 7.78. The summed E-state index contributed by atoms with van der Waals surface area (Å²) in [5, 5.41) is 6.48. The van der Waals surface area contributed by atoms with Gasteiger partial charge >= 0.3 is 0 Å². The molecule has 0 saturated carbocycles. The van der Waals surface area contributed by atoms with Crippen LogP contribution in [0.5, 0.6) is 0 Å². The lowest BCUT2D eigenvalue weighted by molar-refractivity contribution is 0.0929. The summed E-state index contributed by atoms with van der Waals surface area (Å²) in [6, 6.07) is 8.10. The van der Waals surface area contributed by atoms with E-state index in [1.54, 1.807) is 0 Å². The van der Waals surface area contributed by atoms with Gasteiger partial charge in [0.2, 0.25) is 0 Å². The van der Waals surface area contributed by atoms with Crippen molar-refractivity contribution in [1.29, 1.82) is 0 Å². The van der Waals surface area contributed by atoms with E-state index in [2.05, 4.69) is 15.5 Å². The zero-order valence-corrected chi connectivity index (χ0v) is 14.8. The van der Waals surface area contributed by atoms with E-state index < -0.39 is 0 Å². The number of carbonyl (C=O) groups is 1. The van der Waals surface area contributed by atoms with Gasteiger partial charge in [0.15, 0.2) is 0 Å². The molecule has 0 spiro atoms. The molecule has 1 atom stereocenters. The quantitative estimate of drug-likeness (QED) is 0.862. The van der Waals surface area contributed by atoms with Crippen molar-refractivity contribution < 1.29 is 9.53 Å². The van der Waals surface area contributed by atoms with Gasteiger partial charge in [0.05, 0.1) is 18.8 Å². The van der Waals surface area contributed by atoms with Crippen molar-refractivity contribution >= 4 is 36.4 Å². The Balaban J connectivity index is 0.00000132. The highest BCUT2D eigenvalue weighted by Crippen LogP contribution is 2.21. The lowest BCUT2D eigenvalue weighted by atomic mass is 10.1. The van der Waals surface area contributed by atoms with Crippen molar-refractivity contribution in [2.75, 3.05) is 44.3 Å². The van der Waals surface area contributed by atoms with Gasteiger partial charge in [-0.3, -0.25) is 4.79 Å². The number of ether oxygens (including phenoxy) is 1. The van der Waals surface area contributed by atoms with Gasteiger partial charge < -0.3 is 20.3 Å². The van der Waals surface area contributed by atoms with Crippen LogP contribution in [-0.4, -0.2) is 51.3 Å². The monoisotopic (exact) mass is 361 g/mol. The van der Waals surface area contributed by atoms with Crippen molar-refractivity contribution in [2.45, 2.75) is 18.9 Å². The van der Waals surface area contributed by atoms with Crippen molar-refractivity contribution in [1.82, 2.24) is 10.6 Å². The van der Waals surface area contributed by atoms with E-state index in [1.165, 1.54) is 0 Å². The molecule has 2 saturated heterocycles. The number of rotatable bonds is 3. The second-order valence-corrected chi connectivity index (χ2v) is 5.63. The van der Waals surface area contributed by atoms with E-state index in [0.717, 1.165) is 63.5 Å². The van der Waals surface area contributed by atoms with E-state index in [9.17, 15) is 4.79 Å². The molecule has 5 nitrogen and oxygen atoms in total. The first-order chi connectivity index (χ1) is 10.3. The first kappa shape index (κ1) is 20.0. The zero-order valence-electron chi connectivity index (χ0n) is 13.1. The predicted octanol–water partition coefficient (Wildman–Crippen LogP) is 1.85. The van der Waals surface area contributed by atoms with Gasteiger partial charge in [-0.25, -0.2) is 0 Å². The van der Waals surface area contributed by atoms with Gasteiger partial charge in [-0.1, -0.05) is 12.1 Å². The van der Waals surface area contributed by atoms with Gasteiger partial charge in [-0.15, -0.1) is 24.8 Å². The maximum atomic E-state index is 12.6. The number of nitrogens with one attached hydrogen (secondary N) is 2. The molecule has 0 bridgehead atoms. The highest BCUT2D eigenvalue weighted by atomic mass is 35.5. The molecule has 0 aromatic heterocycles. The van der Waals surface area contributed by atoms with Crippen LogP contribution in [0.1, 0.15) is 23.2 Å². The summed E-state index contributed by atoms with van der Waals surface area (Å²) in [5.41, 5.74) is 1.78. The number of carbonyl (C=O) groups excluding carboxylic acids is 1. The topological polar surface area (TPSA) is 53.6 Å². The molecule has 0 unspecified atom stereocenters. The number of amides is 1. The van der Waals surface area contributed by atoms with Crippen LogP contribution in [0, 0.1) is 0 Å². The van der Waals surface area contributed by atoms with Crippen LogP contribution in [0.25, 0.3) is 0 Å². The van der Waals surface area contributed by atoms with Crippen LogP contribution in [0.4, 0.5) is 5.69 Å². The summed E-state index contributed by atoms with van der Waals surface area (Å²) in [4.78, 5) is 14.8. The molecule has 2 aliphatic rings. The maximum Gasteiger partial charge on any atom is 0.253 e. The average Bonchev–Trinajstić information content (AvgIpc) is 2.56. The Morgan fingerprint density at radius 1 is 1.22 bits per heavy atom. The minimum absolute atomic E-state index is 0. The summed E-state index contributed by atoms with van der Waals surface area (Å²) in [6.07, 6.45) is 2.18. The molecule has 2 heterocycles. The molecule has 0 aliphatic carbocycles. The maximum absolute atomic E-state index is 12.6. The number of anilines is 1. The summed E-state index contributed by atoms with van der Waals surface area (Å²) in [7, 11) is 0. The first-order valence-corrected chi connectivity index (χ1v) is 7.78. The fraction of sp³-hybridized carbons (Fsp3) is 0.562. The molecule has 3 rings (SSSR count). The molecule has 1 aromatic carbocycles. The van der Waals surface area contributed by atoms with Crippen LogP contribution in [0.2, 0.25) is 0 Å². The van der Waals surface area contributed by atoms with Crippen molar-refractivity contribution in [3.63, 3.8) is 0 Å². The lowest BCUT2D eigenvalue weighted by Gasteiger charge is -2.31. The Bertz CT molecular complexity index is 490. The molecule has 23 heavy (non-hydrogen) atoms. The molecule has 0 radical (unpaired) electrons. The number of hydrogen-bond acceptors (Lipinski definition) is 4. The van der Waals surface area contributed by atoms with Gasteiger partial charge in [-0.2, -0.15) is 0 Å². The Kier molecular flexibility index (Phi) is 8.69. The van der Waals surface area contributed by atoms with Crippen LogP contribution < -0.4 is 15.5 Å². The van der Waals surface area contributed by atoms with Crippen LogP contribution in [0.15, 0.2) is 24.3 Å². The minimum atomic E-state index is 0. The smallest absolute Gasteiger partial charge is 0.253 e. The Labute approximate surface area is 150 Å². The molecule has 7 heteroatoms. The second-order valence-electron chi connectivity index (χ2n) is 5.63. The summed E-state index contributed by atoms with van der Waals surface area (Å²) in [6.45, 7) is 5.05. The lowest BCUT2D eigenvalue weighted by Crippen LogP contribution is -2.46. The fourth-order valence-corrected chi connectivity index (χ4v) is 2.98. The van der Waals surface area contributed by atoms with Crippen molar-refractivity contribution in [2.24, 2.45) is 0 Å². The summed E-state index contributed by atoms with van der Waals surface area (Å²) >= 11 is 0.